The Kier molecular flexibility index (Phi) is 3.65. The van der Waals surface area contributed by atoms with Gasteiger partial charge >= 0.3 is 0 Å². The molecule has 3 aliphatic rings. The highest BCUT2D eigenvalue weighted by molar-refractivity contribution is 9.10. The highest BCUT2D eigenvalue weighted by Crippen LogP contribution is 2.45. The van der Waals surface area contributed by atoms with Crippen LogP contribution < -0.4 is 10.1 Å². The van der Waals surface area contributed by atoms with Crippen LogP contribution in [0.2, 0.25) is 0 Å². The van der Waals surface area contributed by atoms with Crippen molar-refractivity contribution in [1.29, 1.82) is 0 Å². The van der Waals surface area contributed by atoms with E-state index in [4.69, 9.17) is 4.74 Å². The number of fused-ring (bicyclic) bond motifs is 2. The molecule has 1 saturated heterocycles. The molecule has 1 atom stereocenters. The molecule has 1 fully saturated rings. The van der Waals surface area contributed by atoms with Crippen molar-refractivity contribution in [2.24, 2.45) is 0 Å². The molecule has 1 aromatic rings. The van der Waals surface area contributed by atoms with E-state index >= 15 is 0 Å². The van der Waals surface area contributed by atoms with Gasteiger partial charge in [-0.15, -0.1) is 0 Å². The molecule has 2 bridgehead atoms. The summed E-state index contributed by atoms with van der Waals surface area (Å²) in [5.74, 6) is 1.89. The highest BCUT2D eigenvalue weighted by Gasteiger charge is 2.17. The summed E-state index contributed by atoms with van der Waals surface area (Å²) in [5.41, 5.74) is 0. The van der Waals surface area contributed by atoms with Gasteiger partial charge in [-0.1, -0.05) is 13.0 Å². The molecule has 3 heterocycles. The van der Waals surface area contributed by atoms with Crippen LogP contribution in [0.1, 0.15) is 26.2 Å². The number of nitrogens with one attached hydrogen (secondary N) is 1. The molecule has 1 N–H and O–H groups in total. The largest absolute Gasteiger partial charge is 0.455 e. The van der Waals surface area contributed by atoms with Crippen molar-refractivity contribution in [3.8, 4) is 11.5 Å². The van der Waals surface area contributed by atoms with Gasteiger partial charge in [0.1, 0.15) is 16.0 Å². The molecule has 15 heavy (non-hydrogen) atoms. The molecule has 0 amide bonds. The summed E-state index contributed by atoms with van der Waals surface area (Å²) < 4.78 is 6.19. The van der Waals surface area contributed by atoms with Crippen LogP contribution in [0.15, 0.2) is 22.7 Å². The molecule has 1 aromatic carbocycles. The van der Waals surface area contributed by atoms with E-state index in [-0.39, 0.29) is 0 Å². The molecule has 0 saturated carbocycles. The summed E-state index contributed by atoms with van der Waals surface area (Å²) in [6.45, 7) is 3.49. The molecular weight excluding hydrogens is 254 g/mol. The first kappa shape index (κ1) is 11.0. The average Bonchev–Trinajstić information content (AvgIpc) is 2.83. The number of halogens is 1. The Labute approximate surface area is 99.1 Å². The summed E-state index contributed by atoms with van der Waals surface area (Å²) in [6.07, 6.45) is 4.09. The van der Waals surface area contributed by atoms with Crippen LogP contribution in [-0.2, 0) is 0 Å². The highest BCUT2D eigenvalue weighted by atomic mass is 79.9. The van der Waals surface area contributed by atoms with Gasteiger partial charge in [0.15, 0.2) is 0 Å². The maximum Gasteiger partial charge on any atom is 0.145 e. The van der Waals surface area contributed by atoms with E-state index in [1.165, 1.54) is 25.8 Å². The van der Waals surface area contributed by atoms with Crippen molar-refractivity contribution in [1.82, 2.24) is 5.32 Å². The number of benzene rings is 1. The summed E-state index contributed by atoms with van der Waals surface area (Å²) >= 11 is 3.34. The van der Waals surface area contributed by atoms with E-state index < -0.39 is 0 Å². The molecule has 0 aromatic heterocycles. The Bertz CT molecular complexity index is 314. The zero-order valence-corrected chi connectivity index (χ0v) is 10.5. The first-order valence-electron chi connectivity index (χ1n) is 5.51. The fourth-order valence-corrected chi connectivity index (χ4v) is 2.25. The van der Waals surface area contributed by atoms with Gasteiger partial charge in [-0.3, -0.25) is 0 Å². The maximum atomic E-state index is 5.09. The Morgan fingerprint density at radius 3 is 2.47 bits per heavy atom. The molecule has 82 valence electrons. The summed E-state index contributed by atoms with van der Waals surface area (Å²) in [4.78, 5) is 0. The number of hydrogen-bond donors (Lipinski definition) is 1. The lowest BCUT2D eigenvalue weighted by Gasteiger charge is -2.18. The summed E-state index contributed by atoms with van der Waals surface area (Å²) in [7, 11) is 0. The summed E-state index contributed by atoms with van der Waals surface area (Å²) in [5, 5.41) is 3.41. The minimum atomic E-state index is 0.847. The zero-order chi connectivity index (χ0) is 10.7. The quantitative estimate of drug-likeness (QED) is 0.853. The third-order valence-electron chi connectivity index (χ3n) is 2.80. The predicted octanol–water partition coefficient (Wildman–Crippen LogP) is 3.70. The summed E-state index contributed by atoms with van der Waals surface area (Å²) in [6, 6.07) is 6.67. The minimum Gasteiger partial charge on any atom is -0.455 e. The van der Waals surface area contributed by atoms with Gasteiger partial charge < -0.3 is 10.1 Å². The second kappa shape index (κ2) is 4.99. The Hall–Kier alpha value is -0.540. The Morgan fingerprint density at radius 2 is 2.20 bits per heavy atom. The molecule has 3 heteroatoms. The molecule has 1 unspecified atom stereocenters. The van der Waals surface area contributed by atoms with Gasteiger partial charge in [0.2, 0.25) is 0 Å². The van der Waals surface area contributed by atoms with Crippen LogP contribution in [-0.4, -0.2) is 12.6 Å². The van der Waals surface area contributed by atoms with E-state index in [0.717, 1.165) is 22.0 Å². The lowest BCUT2D eigenvalue weighted by molar-refractivity contribution is 0.428. The van der Waals surface area contributed by atoms with Crippen LogP contribution in [0.4, 0.5) is 0 Å². The Balaban J connectivity index is 0.000000115. The fourth-order valence-electron chi connectivity index (χ4n) is 1.83. The van der Waals surface area contributed by atoms with Gasteiger partial charge in [0.25, 0.3) is 0 Å². The second-order valence-corrected chi connectivity index (χ2v) is 4.66. The van der Waals surface area contributed by atoms with Gasteiger partial charge in [0, 0.05) is 6.04 Å². The van der Waals surface area contributed by atoms with Gasteiger partial charge in [-0.2, -0.15) is 0 Å². The second-order valence-electron chi connectivity index (χ2n) is 3.87. The maximum absolute atomic E-state index is 5.09. The first-order chi connectivity index (χ1) is 7.31. The van der Waals surface area contributed by atoms with Crippen molar-refractivity contribution < 1.29 is 4.74 Å². The SMILES string of the molecule is Brc1c2cccc1O2.CCC1CCCN1. The topological polar surface area (TPSA) is 21.3 Å². The lowest BCUT2D eigenvalue weighted by atomic mass is 10.2. The first-order valence-corrected chi connectivity index (χ1v) is 6.30. The number of hydrogen-bond acceptors (Lipinski definition) is 2. The standard InChI is InChI=1S/C6H3BrO.C6H13N/c7-6-4-2-1-3-5(6)8-4;1-2-6-4-3-5-7-6/h1-3H;6-7H,2-5H2,1H3. The molecule has 4 rings (SSSR count). The van der Waals surface area contributed by atoms with Crippen LogP contribution in [0.5, 0.6) is 11.5 Å². The Morgan fingerprint density at radius 1 is 1.47 bits per heavy atom. The average molecular weight is 270 g/mol. The van der Waals surface area contributed by atoms with Crippen molar-refractivity contribution in [3.05, 3.63) is 22.7 Å². The number of ether oxygens (including phenoxy) is 1. The van der Waals surface area contributed by atoms with E-state index in [1.807, 2.05) is 18.2 Å². The molecule has 3 aliphatic heterocycles. The molecular formula is C12H16BrNO. The van der Waals surface area contributed by atoms with Gasteiger partial charge in [0.05, 0.1) is 0 Å². The van der Waals surface area contributed by atoms with E-state index in [1.54, 1.807) is 0 Å². The van der Waals surface area contributed by atoms with Crippen LogP contribution in [0.25, 0.3) is 0 Å². The van der Waals surface area contributed by atoms with E-state index in [9.17, 15) is 0 Å². The third kappa shape index (κ3) is 2.52. The molecule has 0 spiro atoms. The molecule has 0 aliphatic carbocycles. The van der Waals surface area contributed by atoms with E-state index in [0.29, 0.717) is 0 Å². The van der Waals surface area contributed by atoms with Gasteiger partial charge in [-0.05, 0) is 53.9 Å². The molecule has 0 radical (unpaired) electrons. The smallest absolute Gasteiger partial charge is 0.145 e. The van der Waals surface area contributed by atoms with Gasteiger partial charge in [-0.25, -0.2) is 0 Å². The van der Waals surface area contributed by atoms with Crippen molar-refractivity contribution >= 4 is 15.9 Å². The number of rotatable bonds is 1. The third-order valence-corrected chi connectivity index (χ3v) is 3.58. The van der Waals surface area contributed by atoms with Crippen molar-refractivity contribution in [2.75, 3.05) is 6.54 Å². The lowest BCUT2D eigenvalue weighted by Crippen LogP contribution is -2.19. The van der Waals surface area contributed by atoms with E-state index in [2.05, 4.69) is 28.2 Å². The van der Waals surface area contributed by atoms with Crippen LogP contribution in [0.3, 0.4) is 0 Å². The van der Waals surface area contributed by atoms with Crippen molar-refractivity contribution in [2.45, 2.75) is 32.2 Å². The minimum absolute atomic E-state index is 0.847. The van der Waals surface area contributed by atoms with Crippen LogP contribution in [0, 0.1) is 0 Å². The predicted molar refractivity (Wildman–Crippen MR) is 65.5 cm³/mol. The van der Waals surface area contributed by atoms with Crippen molar-refractivity contribution in [3.63, 3.8) is 0 Å². The monoisotopic (exact) mass is 269 g/mol. The fraction of sp³-hybridized carbons (Fsp3) is 0.500. The molecule has 2 nitrogen and oxygen atoms in total. The normalized spacial score (nSPS) is 21.1. The van der Waals surface area contributed by atoms with Crippen LogP contribution >= 0.6 is 15.9 Å². The zero-order valence-electron chi connectivity index (χ0n) is 8.92.